The van der Waals surface area contributed by atoms with Crippen LogP contribution in [0, 0.1) is 6.92 Å². The molecule has 4 heteroatoms. The van der Waals surface area contributed by atoms with Crippen molar-refractivity contribution in [1.29, 1.82) is 0 Å². The third-order valence-electron chi connectivity index (χ3n) is 2.78. The lowest BCUT2D eigenvalue weighted by Crippen LogP contribution is -2.05. The number of hydrogen-bond donors (Lipinski definition) is 1. The number of rotatable bonds is 3. The highest BCUT2D eigenvalue weighted by Crippen LogP contribution is 2.33. The van der Waals surface area contributed by atoms with E-state index in [1.54, 1.807) is 6.07 Å². The molecule has 2 N–H and O–H groups in total. The quantitative estimate of drug-likeness (QED) is 0.853. The Kier molecular flexibility index (Phi) is 4.35. The Balaban J connectivity index is 2.29. The van der Waals surface area contributed by atoms with Gasteiger partial charge in [-0.2, -0.15) is 0 Å². The van der Waals surface area contributed by atoms with Gasteiger partial charge in [0.15, 0.2) is 0 Å². The van der Waals surface area contributed by atoms with Gasteiger partial charge < -0.3 is 10.5 Å². The van der Waals surface area contributed by atoms with Gasteiger partial charge in [0.05, 0.1) is 5.02 Å². The Morgan fingerprint density at radius 1 is 1.05 bits per heavy atom. The van der Waals surface area contributed by atoms with Crippen LogP contribution in [-0.4, -0.2) is 0 Å². The second-order valence-corrected chi connectivity index (χ2v) is 5.32. The average molecular weight is 296 g/mol. The van der Waals surface area contributed by atoms with E-state index < -0.39 is 0 Å². The first-order valence-corrected chi connectivity index (χ1v) is 6.72. The molecule has 0 saturated carbocycles. The molecule has 0 aliphatic heterocycles. The second-order valence-electron chi connectivity index (χ2n) is 4.51. The topological polar surface area (TPSA) is 35.2 Å². The number of aryl methyl sites for hydroxylation is 1. The fourth-order valence-corrected chi connectivity index (χ4v) is 2.26. The van der Waals surface area contributed by atoms with Crippen LogP contribution >= 0.6 is 23.2 Å². The fourth-order valence-electron chi connectivity index (χ4n) is 1.76. The van der Waals surface area contributed by atoms with E-state index in [4.69, 9.17) is 33.7 Å². The van der Waals surface area contributed by atoms with Crippen molar-refractivity contribution in [2.75, 3.05) is 0 Å². The number of ether oxygens (including phenoxy) is 1. The molecule has 100 valence electrons. The largest absolute Gasteiger partial charge is 0.456 e. The molecule has 2 nitrogen and oxygen atoms in total. The Morgan fingerprint density at radius 3 is 2.42 bits per heavy atom. The van der Waals surface area contributed by atoms with E-state index in [1.165, 1.54) is 0 Å². The molecule has 0 saturated heterocycles. The van der Waals surface area contributed by atoms with E-state index in [-0.39, 0.29) is 6.04 Å². The van der Waals surface area contributed by atoms with Crippen LogP contribution in [0.4, 0.5) is 0 Å². The number of hydrogen-bond acceptors (Lipinski definition) is 2. The monoisotopic (exact) mass is 295 g/mol. The Morgan fingerprint density at radius 2 is 1.79 bits per heavy atom. The summed E-state index contributed by atoms with van der Waals surface area (Å²) >= 11 is 12.3. The van der Waals surface area contributed by atoms with Crippen molar-refractivity contribution in [1.82, 2.24) is 0 Å². The van der Waals surface area contributed by atoms with Crippen molar-refractivity contribution in [3.8, 4) is 11.5 Å². The summed E-state index contributed by atoms with van der Waals surface area (Å²) in [5, 5.41) is 1.16. The van der Waals surface area contributed by atoms with Crippen molar-refractivity contribution in [2.45, 2.75) is 19.9 Å². The van der Waals surface area contributed by atoms with Gasteiger partial charge in [-0.25, -0.2) is 0 Å². The minimum Gasteiger partial charge on any atom is -0.456 e. The van der Waals surface area contributed by atoms with Crippen LogP contribution in [0.25, 0.3) is 0 Å². The maximum atomic E-state index is 6.17. The van der Waals surface area contributed by atoms with Crippen LogP contribution in [0.5, 0.6) is 11.5 Å². The van der Waals surface area contributed by atoms with E-state index in [0.717, 1.165) is 11.1 Å². The summed E-state index contributed by atoms with van der Waals surface area (Å²) in [6.07, 6.45) is 0. The van der Waals surface area contributed by atoms with Crippen LogP contribution in [0.1, 0.15) is 24.1 Å². The predicted molar refractivity (Wildman–Crippen MR) is 80.3 cm³/mol. The first-order chi connectivity index (χ1) is 8.97. The SMILES string of the molecule is Cc1ccc(Cl)c(Oc2ccc(C(C)N)c(Cl)c2)c1. The Bertz CT molecular complexity index is 597. The lowest BCUT2D eigenvalue weighted by Gasteiger charge is -2.12. The normalized spacial score (nSPS) is 12.3. The molecule has 2 rings (SSSR count). The lowest BCUT2D eigenvalue weighted by molar-refractivity contribution is 0.482. The van der Waals surface area contributed by atoms with E-state index in [1.807, 2.05) is 44.2 Å². The number of benzene rings is 2. The summed E-state index contributed by atoms with van der Waals surface area (Å²) in [6.45, 7) is 3.87. The molecule has 0 fully saturated rings. The van der Waals surface area contributed by atoms with Gasteiger partial charge in [-0.3, -0.25) is 0 Å². The van der Waals surface area contributed by atoms with Gasteiger partial charge in [-0.15, -0.1) is 0 Å². The Hall–Kier alpha value is -1.22. The average Bonchev–Trinajstić information content (AvgIpc) is 2.33. The summed E-state index contributed by atoms with van der Waals surface area (Å²) in [5.41, 5.74) is 7.79. The second kappa shape index (κ2) is 5.83. The summed E-state index contributed by atoms with van der Waals surface area (Å²) in [7, 11) is 0. The molecule has 0 bridgehead atoms. The van der Waals surface area contributed by atoms with Gasteiger partial charge in [0.1, 0.15) is 11.5 Å². The van der Waals surface area contributed by atoms with Crippen LogP contribution < -0.4 is 10.5 Å². The first kappa shape index (κ1) is 14.2. The van der Waals surface area contributed by atoms with Crippen molar-refractivity contribution < 1.29 is 4.74 Å². The van der Waals surface area contributed by atoms with Gasteiger partial charge in [0, 0.05) is 11.1 Å². The zero-order valence-electron chi connectivity index (χ0n) is 10.8. The smallest absolute Gasteiger partial charge is 0.146 e. The van der Waals surface area contributed by atoms with Crippen molar-refractivity contribution in [3.05, 3.63) is 57.6 Å². The van der Waals surface area contributed by atoms with Gasteiger partial charge in [-0.1, -0.05) is 35.3 Å². The molecule has 0 heterocycles. The molecular weight excluding hydrogens is 281 g/mol. The maximum Gasteiger partial charge on any atom is 0.146 e. The van der Waals surface area contributed by atoms with Gasteiger partial charge in [0.2, 0.25) is 0 Å². The number of nitrogens with two attached hydrogens (primary N) is 1. The molecular formula is C15H15Cl2NO. The van der Waals surface area contributed by atoms with Crippen LogP contribution in [-0.2, 0) is 0 Å². The molecule has 0 aliphatic rings. The molecule has 0 spiro atoms. The summed E-state index contributed by atoms with van der Waals surface area (Å²) in [6, 6.07) is 11.0. The van der Waals surface area contributed by atoms with Crippen LogP contribution in [0.15, 0.2) is 36.4 Å². The molecule has 0 amide bonds. The standard InChI is InChI=1S/C15H15Cl2NO/c1-9-3-6-13(16)15(7-9)19-11-4-5-12(10(2)18)14(17)8-11/h3-8,10H,18H2,1-2H3. The van der Waals surface area contributed by atoms with Gasteiger partial charge >= 0.3 is 0 Å². The van der Waals surface area contributed by atoms with E-state index in [2.05, 4.69) is 0 Å². The zero-order chi connectivity index (χ0) is 14.0. The molecule has 19 heavy (non-hydrogen) atoms. The van der Waals surface area contributed by atoms with E-state index in [0.29, 0.717) is 21.5 Å². The Labute approximate surface area is 123 Å². The van der Waals surface area contributed by atoms with Crippen LogP contribution in [0.3, 0.4) is 0 Å². The third-order valence-corrected chi connectivity index (χ3v) is 3.42. The molecule has 1 unspecified atom stereocenters. The van der Waals surface area contributed by atoms with Gasteiger partial charge in [0.25, 0.3) is 0 Å². The third kappa shape index (κ3) is 3.41. The molecule has 1 atom stereocenters. The van der Waals surface area contributed by atoms with Gasteiger partial charge in [-0.05, 0) is 49.2 Å². The summed E-state index contributed by atoms with van der Waals surface area (Å²) in [4.78, 5) is 0. The lowest BCUT2D eigenvalue weighted by atomic mass is 10.1. The molecule has 0 aromatic heterocycles. The molecule has 0 radical (unpaired) electrons. The number of halogens is 2. The van der Waals surface area contributed by atoms with Crippen LogP contribution in [0.2, 0.25) is 10.0 Å². The van der Waals surface area contributed by atoms with E-state index >= 15 is 0 Å². The highest BCUT2D eigenvalue weighted by atomic mass is 35.5. The molecule has 2 aromatic rings. The van der Waals surface area contributed by atoms with E-state index in [9.17, 15) is 0 Å². The van der Waals surface area contributed by atoms with Crippen molar-refractivity contribution >= 4 is 23.2 Å². The summed E-state index contributed by atoms with van der Waals surface area (Å²) < 4.78 is 5.75. The minimum atomic E-state index is -0.107. The minimum absolute atomic E-state index is 0.107. The fraction of sp³-hybridized carbons (Fsp3) is 0.200. The molecule has 2 aromatic carbocycles. The van der Waals surface area contributed by atoms with Crippen molar-refractivity contribution in [3.63, 3.8) is 0 Å². The summed E-state index contributed by atoms with van der Waals surface area (Å²) in [5.74, 6) is 1.26. The highest BCUT2D eigenvalue weighted by molar-refractivity contribution is 6.32. The maximum absolute atomic E-state index is 6.17. The first-order valence-electron chi connectivity index (χ1n) is 5.96. The van der Waals surface area contributed by atoms with Crippen molar-refractivity contribution in [2.24, 2.45) is 5.73 Å². The predicted octanol–water partition coefficient (Wildman–Crippen LogP) is 5.11. The molecule has 0 aliphatic carbocycles. The zero-order valence-corrected chi connectivity index (χ0v) is 12.3. The highest BCUT2D eigenvalue weighted by Gasteiger charge is 2.08.